The van der Waals surface area contributed by atoms with E-state index < -0.39 is 0 Å². The molecule has 0 radical (unpaired) electrons. The lowest BCUT2D eigenvalue weighted by Gasteiger charge is -1.94. The Hall–Kier alpha value is -1.78. The van der Waals surface area contributed by atoms with Crippen molar-refractivity contribution in [3.8, 4) is 0 Å². The normalized spacial score (nSPS) is 10.7. The van der Waals surface area contributed by atoms with Gasteiger partial charge >= 0.3 is 5.97 Å². The van der Waals surface area contributed by atoms with E-state index in [0.29, 0.717) is 12.4 Å². The summed E-state index contributed by atoms with van der Waals surface area (Å²) in [6, 6.07) is 0. The molecular weight excluding hydrogens is 182 g/mol. The third-order valence-corrected chi connectivity index (χ3v) is 1.70. The number of rotatable bonds is 3. The molecule has 0 aliphatic heterocycles. The predicted molar refractivity (Wildman–Crippen MR) is 53.4 cm³/mol. The van der Waals surface area contributed by atoms with Gasteiger partial charge in [-0.3, -0.25) is 5.10 Å². The Labute approximate surface area is 81.9 Å². The highest BCUT2D eigenvalue weighted by atomic mass is 16.5. The number of hydrogen-bond acceptors (Lipinski definition) is 4. The molecule has 0 amide bonds. The van der Waals surface area contributed by atoms with Gasteiger partial charge in [0.1, 0.15) is 0 Å². The first-order valence-electron chi connectivity index (χ1n) is 4.30. The summed E-state index contributed by atoms with van der Waals surface area (Å²) in [5.41, 5.74) is 7.10. The van der Waals surface area contributed by atoms with Crippen LogP contribution in [0.15, 0.2) is 6.08 Å². The number of anilines is 1. The smallest absolute Gasteiger partial charge is 0.330 e. The van der Waals surface area contributed by atoms with Crippen molar-refractivity contribution in [3.05, 3.63) is 17.3 Å². The molecule has 0 unspecified atom stereocenters. The van der Waals surface area contributed by atoms with Crippen LogP contribution in [0.3, 0.4) is 0 Å². The SMILES string of the molecule is CCOC(=O)C=Cc1c(N)n[nH]c1C. The van der Waals surface area contributed by atoms with Crippen molar-refractivity contribution in [2.75, 3.05) is 12.3 Å². The Balaban J connectivity index is 2.73. The van der Waals surface area contributed by atoms with E-state index in [1.165, 1.54) is 6.08 Å². The molecule has 14 heavy (non-hydrogen) atoms. The minimum Gasteiger partial charge on any atom is -0.463 e. The Kier molecular flexibility index (Phi) is 3.28. The third-order valence-electron chi connectivity index (χ3n) is 1.70. The van der Waals surface area contributed by atoms with E-state index in [-0.39, 0.29) is 5.97 Å². The maximum absolute atomic E-state index is 11.0. The molecule has 0 fully saturated rings. The summed E-state index contributed by atoms with van der Waals surface area (Å²) in [4.78, 5) is 11.0. The van der Waals surface area contributed by atoms with Crippen LogP contribution in [0.25, 0.3) is 6.08 Å². The van der Waals surface area contributed by atoms with E-state index in [1.807, 2.05) is 6.92 Å². The summed E-state index contributed by atoms with van der Waals surface area (Å²) >= 11 is 0. The average Bonchev–Trinajstić information content (AvgIpc) is 2.44. The van der Waals surface area contributed by atoms with Crippen LogP contribution in [0.5, 0.6) is 0 Å². The van der Waals surface area contributed by atoms with Gasteiger partial charge in [-0.2, -0.15) is 5.10 Å². The van der Waals surface area contributed by atoms with Crippen molar-refractivity contribution < 1.29 is 9.53 Å². The van der Waals surface area contributed by atoms with Crippen LogP contribution in [-0.4, -0.2) is 22.8 Å². The fraction of sp³-hybridized carbons (Fsp3) is 0.333. The summed E-state index contributed by atoms with van der Waals surface area (Å²) < 4.78 is 4.72. The molecule has 0 saturated heterocycles. The molecule has 0 aliphatic rings. The van der Waals surface area contributed by atoms with Crippen molar-refractivity contribution in [3.63, 3.8) is 0 Å². The van der Waals surface area contributed by atoms with E-state index in [4.69, 9.17) is 10.5 Å². The number of aromatic amines is 1. The summed E-state index contributed by atoms with van der Waals surface area (Å²) in [7, 11) is 0. The van der Waals surface area contributed by atoms with Gasteiger partial charge in [0.05, 0.1) is 6.61 Å². The number of nitrogen functional groups attached to an aromatic ring is 1. The molecule has 1 aromatic rings. The van der Waals surface area contributed by atoms with Crippen LogP contribution in [0.4, 0.5) is 5.82 Å². The summed E-state index contributed by atoms with van der Waals surface area (Å²) in [5.74, 6) is -0.00412. The Bertz CT molecular complexity index is 335. The molecule has 0 bridgehead atoms. The summed E-state index contributed by atoms with van der Waals surface area (Å²) in [6.45, 7) is 3.94. The molecule has 0 atom stereocenters. The molecular formula is C9H13N3O2. The van der Waals surface area contributed by atoms with Crippen molar-refractivity contribution >= 4 is 17.9 Å². The van der Waals surface area contributed by atoms with Gasteiger partial charge in [0.25, 0.3) is 0 Å². The maximum atomic E-state index is 11.0. The lowest BCUT2D eigenvalue weighted by atomic mass is 10.2. The molecule has 76 valence electrons. The van der Waals surface area contributed by atoms with Crippen molar-refractivity contribution in [1.29, 1.82) is 0 Å². The molecule has 5 nitrogen and oxygen atoms in total. The van der Waals surface area contributed by atoms with Gasteiger partial charge in [-0.25, -0.2) is 4.79 Å². The fourth-order valence-electron chi connectivity index (χ4n) is 1.01. The van der Waals surface area contributed by atoms with Crippen LogP contribution in [-0.2, 0) is 9.53 Å². The van der Waals surface area contributed by atoms with Crippen LogP contribution in [0.1, 0.15) is 18.2 Å². The van der Waals surface area contributed by atoms with Crippen LogP contribution in [0.2, 0.25) is 0 Å². The van der Waals surface area contributed by atoms with Crippen molar-refractivity contribution in [2.24, 2.45) is 0 Å². The number of nitrogens with two attached hydrogens (primary N) is 1. The minimum atomic E-state index is -0.382. The van der Waals surface area contributed by atoms with E-state index >= 15 is 0 Å². The lowest BCUT2D eigenvalue weighted by Crippen LogP contribution is -1.99. The first kappa shape index (κ1) is 10.3. The number of hydrogen-bond donors (Lipinski definition) is 2. The maximum Gasteiger partial charge on any atom is 0.330 e. The van der Waals surface area contributed by atoms with E-state index in [2.05, 4.69) is 10.2 Å². The van der Waals surface area contributed by atoms with E-state index in [9.17, 15) is 4.79 Å². The Morgan fingerprint density at radius 3 is 2.93 bits per heavy atom. The number of ether oxygens (including phenoxy) is 1. The number of carbonyl (C=O) groups excluding carboxylic acids is 1. The zero-order valence-corrected chi connectivity index (χ0v) is 8.20. The molecule has 5 heteroatoms. The second kappa shape index (κ2) is 4.45. The number of nitrogens with one attached hydrogen (secondary N) is 1. The number of aryl methyl sites for hydroxylation is 1. The van der Waals surface area contributed by atoms with Crippen LogP contribution >= 0.6 is 0 Å². The van der Waals surface area contributed by atoms with Gasteiger partial charge in [-0.1, -0.05) is 0 Å². The molecule has 0 aliphatic carbocycles. The molecule has 1 aromatic heterocycles. The standard InChI is InChI=1S/C9H13N3O2/c1-3-14-8(13)5-4-7-6(2)11-12-9(7)10/h4-5H,3H2,1-2H3,(H3,10,11,12). The molecule has 1 rings (SSSR count). The molecule has 3 N–H and O–H groups in total. The number of carbonyl (C=O) groups is 1. The fourth-order valence-corrected chi connectivity index (χ4v) is 1.01. The van der Waals surface area contributed by atoms with Gasteiger partial charge < -0.3 is 10.5 Å². The van der Waals surface area contributed by atoms with E-state index in [0.717, 1.165) is 11.3 Å². The molecule has 0 saturated carbocycles. The van der Waals surface area contributed by atoms with E-state index in [1.54, 1.807) is 13.0 Å². The molecule has 0 aromatic carbocycles. The Morgan fingerprint density at radius 1 is 1.71 bits per heavy atom. The van der Waals surface area contributed by atoms with Crippen LogP contribution in [0, 0.1) is 6.92 Å². The highest BCUT2D eigenvalue weighted by molar-refractivity contribution is 5.88. The average molecular weight is 195 g/mol. The first-order valence-corrected chi connectivity index (χ1v) is 4.30. The van der Waals surface area contributed by atoms with Crippen molar-refractivity contribution in [1.82, 2.24) is 10.2 Å². The van der Waals surface area contributed by atoms with Gasteiger partial charge in [0, 0.05) is 17.3 Å². The largest absolute Gasteiger partial charge is 0.463 e. The lowest BCUT2D eigenvalue weighted by molar-refractivity contribution is -0.137. The number of esters is 1. The van der Waals surface area contributed by atoms with Gasteiger partial charge in [-0.05, 0) is 19.9 Å². The number of nitrogens with zero attached hydrogens (tertiary/aromatic N) is 1. The zero-order chi connectivity index (χ0) is 10.6. The molecule has 0 spiro atoms. The summed E-state index contributed by atoms with van der Waals surface area (Å²) in [6.07, 6.45) is 2.92. The monoisotopic (exact) mass is 195 g/mol. The number of H-pyrrole nitrogens is 1. The zero-order valence-electron chi connectivity index (χ0n) is 8.20. The summed E-state index contributed by atoms with van der Waals surface area (Å²) in [5, 5.41) is 6.50. The van der Waals surface area contributed by atoms with Crippen LogP contribution < -0.4 is 5.73 Å². The second-order valence-corrected chi connectivity index (χ2v) is 2.73. The van der Waals surface area contributed by atoms with Crippen molar-refractivity contribution in [2.45, 2.75) is 13.8 Å². The predicted octanol–water partition coefficient (Wildman–Crippen LogP) is 0.877. The Morgan fingerprint density at radius 2 is 2.43 bits per heavy atom. The topological polar surface area (TPSA) is 81.0 Å². The minimum absolute atomic E-state index is 0.364. The first-order chi connectivity index (χ1) is 6.65. The third kappa shape index (κ3) is 2.35. The quantitative estimate of drug-likeness (QED) is 0.554. The second-order valence-electron chi connectivity index (χ2n) is 2.73. The highest BCUT2D eigenvalue weighted by Gasteiger charge is 2.03. The highest BCUT2D eigenvalue weighted by Crippen LogP contribution is 2.13. The van der Waals surface area contributed by atoms with Gasteiger partial charge in [0.2, 0.25) is 0 Å². The number of aromatic nitrogens is 2. The molecule has 1 heterocycles. The van der Waals surface area contributed by atoms with Gasteiger partial charge in [-0.15, -0.1) is 0 Å². The van der Waals surface area contributed by atoms with Gasteiger partial charge in [0.15, 0.2) is 5.82 Å².